The molecule has 1 aliphatic rings. The molecule has 0 saturated carbocycles. The number of rotatable bonds is 5. The molecule has 12 heteroatoms. The van der Waals surface area contributed by atoms with Crippen LogP contribution in [0.1, 0.15) is 18.5 Å². The molecule has 4 aromatic rings. The molecule has 1 atom stereocenters. The van der Waals surface area contributed by atoms with Gasteiger partial charge in [-0.3, -0.25) is 4.79 Å². The van der Waals surface area contributed by atoms with Crippen LogP contribution >= 0.6 is 34.3 Å². The van der Waals surface area contributed by atoms with Crippen molar-refractivity contribution in [3.63, 3.8) is 0 Å². The number of halogens is 1. The van der Waals surface area contributed by atoms with E-state index in [1.165, 1.54) is 21.7 Å². The second kappa shape index (κ2) is 8.80. The number of nitrogens with zero attached hydrogens (tertiary/aromatic N) is 4. The van der Waals surface area contributed by atoms with Crippen molar-refractivity contribution < 1.29 is 13.2 Å². The predicted molar refractivity (Wildman–Crippen MR) is 131 cm³/mol. The Labute approximate surface area is 203 Å². The van der Waals surface area contributed by atoms with E-state index < -0.39 is 15.9 Å². The number of thiazole rings is 1. The monoisotopic (exact) mass is 521 g/mol. The Hall–Kier alpha value is -2.31. The molecule has 8 nitrogen and oxygen atoms in total. The van der Waals surface area contributed by atoms with Crippen LogP contribution in [-0.2, 0) is 14.8 Å². The van der Waals surface area contributed by atoms with E-state index in [0.717, 1.165) is 27.2 Å². The van der Waals surface area contributed by atoms with Gasteiger partial charge in [0.25, 0.3) is 10.0 Å². The molecule has 0 aliphatic carbocycles. The van der Waals surface area contributed by atoms with Gasteiger partial charge in [0.1, 0.15) is 10.0 Å². The van der Waals surface area contributed by atoms with Gasteiger partial charge in [0, 0.05) is 19.2 Å². The molecule has 33 heavy (non-hydrogen) atoms. The van der Waals surface area contributed by atoms with Crippen LogP contribution in [0, 0.1) is 12.8 Å². The summed E-state index contributed by atoms with van der Waals surface area (Å²) in [4.78, 5) is 17.8. The zero-order valence-electron chi connectivity index (χ0n) is 17.6. The van der Waals surface area contributed by atoms with Crippen LogP contribution < -0.4 is 5.32 Å². The van der Waals surface area contributed by atoms with Crippen molar-refractivity contribution in [2.45, 2.75) is 24.0 Å². The molecule has 5 rings (SSSR count). The molecule has 0 spiro atoms. The Bertz CT molecular complexity index is 1410. The first-order valence-electron chi connectivity index (χ1n) is 10.3. The van der Waals surface area contributed by atoms with E-state index in [0.29, 0.717) is 34.7 Å². The highest BCUT2D eigenvalue weighted by molar-refractivity contribution is 7.91. The molecule has 1 N–H and O–H groups in total. The summed E-state index contributed by atoms with van der Waals surface area (Å²) in [6, 6.07) is 12.7. The third-order valence-corrected chi connectivity index (χ3v) is 10.0. The number of benzene rings is 1. The first kappa shape index (κ1) is 22.5. The molecule has 0 bridgehead atoms. The lowest BCUT2D eigenvalue weighted by Gasteiger charge is -2.30. The fraction of sp³-hybridized carbons (Fsp3) is 0.286. The second-order valence-corrected chi connectivity index (χ2v) is 12.7. The lowest BCUT2D eigenvalue weighted by atomic mass is 9.99. The highest BCUT2D eigenvalue weighted by Gasteiger charge is 2.34. The summed E-state index contributed by atoms with van der Waals surface area (Å²) in [6.07, 6.45) is 1.21. The number of amides is 1. The van der Waals surface area contributed by atoms with Gasteiger partial charge in [-0.15, -0.1) is 11.3 Å². The van der Waals surface area contributed by atoms with E-state index in [1.807, 2.05) is 31.2 Å². The molecule has 1 unspecified atom stereocenters. The van der Waals surface area contributed by atoms with Gasteiger partial charge < -0.3 is 5.32 Å². The van der Waals surface area contributed by atoms with Gasteiger partial charge >= 0.3 is 0 Å². The molecule has 1 aliphatic heterocycles. The van der Waals surface area contributed by atoms with E-state index >= 15 is 0 Å². The fourth-order valence-electron chi connectivity index (χ4n) is 3.85. The van der Waals surface area contributed by atoms with Crippen LogP contribution in [0.4, 0.5) is 5.82 Å². The summed E-state index contributed by atoms with van der Waals surface area (Å²) < 4.78 is 30.6. The summed E-state index contributed by atoms with van der Waals surface area (Å²) >= 11 is 8.43. The first-order chi connectivity index (χ1) is 15.8. The molecule has 1 aromatic carbocycles. The zero-order valence-corrected chi connectivity index (χ0v) is 20.8. The Kier molecular flexibility index (Phi) is 6.00. The minimum absolute atomic E-state index is 0.123. The van der Waals surface area contributed by atoms with Crippen molar-refractivity contribution in [1.29, 1.82) is 0 Å². The number of aryl methyl sites for hydroxylation is 1. The molecule has 172 valence electrons. The van der Waals surface area contributed by atoms with Crippen molar-refractivity contribution in [2.24, 2.45) is 5.92 Å². The molecule has 1 saturated heterocycles. The Morgan fingerprint density at radius 3 is 2.79 bits per heavy atom. The van der Waals surface area contributed by atoms with Crippen LogP contribution in [0.5, 0.6) is 0 Å². The average molecular weight is 522 g/mol. The largest absolute Gasteiger partial charge is 0.310 e. The van der Waals surface area contributed by atoms with Crippen molar-refractivity contribution >= 4 is 66.2 Å². The predicted octanol–water partition coefficient (Wildman–Crippen LogP) is 4.54. The normalized spacial score (nSPS) is 17.5. The maximum Gasteiger partial charge on any atom is 0.252 e. The number of carbonyl (C=O) groups is 1. The topological polar surface area (TPSA) is 97.2 Å². The number of sulfonamides is 1. The average Bonchev–Trinajstić information content (AvgIpc) is 3.51. The smallest absolute Gasteiger partial charge is 0.252 e. The summed E-state index contributed by atoms with van der Waals surface area (Å²) in [5.74, 6) is -0.189. The fourth-order valence-corrected chi connectivity index (χ4v) is 7.94. The molecule has 1 fully saturated rings. The van der Waals surface area contributed by atoms with Gasteiger partial charge in [0.2, 0.25) is 11.0 Å². The number of piperidine rings is 1. The number of thiophene rings is 1. The summed E-state index contributed by atoms with van der Waals surface area (Å²) in [5.41, 5.74) is 1.61. The third-order valence-electron chi connectivity index (χ3n) is 5.44. The van der Waals surface area contributed by atoms with E-state index in [4.69, 9.17) is 11.6 Å². The van der Waals surface area contributed by atoms with Crippen LogP contribution in [0.15, 0.2) is 46.7 Å². The first-order valence-corrected chi connectivity index (χ1v) is 13.8. The van der Waals surface area contributed by atoms with E-state index in [-0.39, 0.29) is 16.7 Å². The highest BCUT2D eigenvalue weighted by Crippen LogP contribution is 2.31. The number of carbonyl (C=O) groups excluding carboxylic acids is 1. The number of hydrogen-bond acceptors (Lipinski definition) is 7. The Morgan fingerprint density at radius 1 is 1.21 bits per heavy atom. The van der Waals surface area contributed by atoms with Crippen LogP contribution in [0.2, 0.25) is 4.34 Å². The van der Waals surface area contributed by atoms with Crippen molar-refractivity contribution in [2.75, 3.05) is 18.4 Å². The summed E-state index contributed by atoms with van der Waals surface area (Å²) in [7, 11) is -3.68. The van der Waals surface area contributed by atoms with Gasteiger partial charge in [-0.05, 0) is 44.0 Å². The summed E-state index contributed by atoms with van der Waals surface area (Å²) in [6.45, 7) is 2.35. The lowest BCUT2D eigenvalue weighted by molar-refractivity contribution is -0.120. The SMILES string of the molecule is Cc1cc(NC(=O)C2CCCN(S(=O)(=O)c3ccc(Cl)s3)C2)n(-c2nc3ccccc3s2)n1. The molecular formula is C21H20ClN5O3S3. The van der Waals surface area contributed by atoms with Crippen molar-refractivity contribution in [3.05, 3.63) is 52.5 Å². The number of para-hydroxylation sites is 1. The Morgan fingerprint density at radius 2 is 2.03 bits per heavy atom. The maximum absolute atomic E-state index is 13.1. The van der Waals surface area contributed by atoms with Gasteiger partial charge in [-0.2, -0.15) is 14.1 Å². The second-order valence-electron chi connectivity index (χ2n) is 7.80. The minimum Gasteiger partial charge on any atom is -0.310 e. The highest BCUT2D eigenvalue weighted by atomic mass is 35.5. The van der Waals surface area contributed by atoms with Gasteiger partial charge in [-0.1, -0.05) is 35.1 Å². The molecule has 4 heterocycles. The molecule has 3 aromatic heterocycles. The van der Waals surface area contributed by atoms with Gasteiger partial charge in [-0.25, -0.2) is 13.4 Å². The maximum atomic E-state index is 13.1. The van der Waals surface area contributed by atoms with E-state index in [2.05, 4.69) is 15.4 Å². The van der Waals surface area contributed by atoms with E-state index in [1.54, 1.807) is 16.8 Å². The minimum atomic E-state index is -3.68. The number of hydrogen-bond donors (Lipinski definition) is 1. The number of aromatic nitrogens is 3. The van der Waals surface area contributed by atoms with Crippen molar-refractivity contribution in [1.82, 2.24) is 19.1 Å². The number of fused-ring (bicyclic) bond motifs is 1. The summed E-state index contributed by atoms with van der Waals surface area (Å²) in [5, 5.41) is 8.11. The van der Waals surface area contributed by atoms with Crippen LogP contribution in [-0.4, -0.2) is 46.5 Å². The standard InChI is InChI=1S/C21H20ClN5O3S3/c1-13-11-18(27(25-13)21-23-15-6-2-3-7-16(15)31-21)24-20(28)14-5-4-10-26(12-14)33(29,30)19-9-8-17(22)32-19/h2-3,6-9,11,14H,4-5,10,12H2,1H3,(H,24,28). The van der Waals surface area contributed by atoms with Crippen LogP contribution in [0.3, 0.4) is 0 Å². The molecule has 1 amide bonds. The Balaban J connectivity index is 1.36. The van der Waals surface area contributed by atoms with E-state index in [9.17, 15) is 13.2 Å². The van der Waals surface area contributed by atoms with Gasteiger partial charge in [0.15, 0.2) is 0 Å². The quantitative estimate of drug-likeness (QED) is 0.415. The van der Waals surface area contributed by atoms with Crippen LogP contribution in [0.25, 0.3) is 15.3 Å². The number of anilines is 1. The third kappa shape index (κ3) is 4.43. The zero-order chi connectivity index (χ0) is 23.2. The van der Waals surface area contributed by atoms with Crippen molar-refractivity contribution in [3.8, 4) is 5.13 Å². The molecule has 0 radical (unpaired) electrons. The van der Waals surface area contributed by atoms with Gasteiger partial charge in [0.05, 0.1) is 26.2 Å². The molecular weight excluding hydrogens is 502 g/mol. The number of nitrogens with one attached hydrogen (secondary N) is 1. The lowest BCUT2D eigenvalue weighted by Crippen LogP contribution is -2.43.